The van der Waals surface area contributed by atoms with Gasteiger partial charge >= 0.3 is 0 Å². The van der Waals surface area contributed by atoms with Crippen molar-refractivity contribution in [3.63, 3.8) is 0 Å². The van der Waals surface area contributed by atoms with Crippen LogP contribution in [0.15, 0.2) is 22.7 Å². The van der Waals surface area contributed by atoms with E-state index in [1.807, 2.05) is 6.07 Å². The lowest BCUT2D eigenvalue weighted by Gasteiger charge is -2.41. The Morgan fingerprint density at radius 3 is 2.60 bits per heavy atom. The van der Waals surface area contributed by atoms with E-state index in [0.29, 0.717) is 11.5 Å². The Morgan fingerprint density at radius 2 is 2.00 bits per heavy atom. The van der Waals surface area contributed by atoms with Crippen LogP contribution in [0.4, 0.5) is 0 Å². The molecule has 0 aliphatic heterocycles. The molecule has 1 fully saturated rings. The van der Waals surface area contributed by atoms with Gasteiger partial charge in [-0.3, -0.25) is 0 Å². The molecular formula is C17H26BrNO. The summed E-state index contributed by atoms with van der Waals surface area (Å²) in [5, 5.41) is 3.56. The summed E-state index contributed by atoms with van der Waals surface area (Å²) in [6.45, 7) is 2.45. The molecule has 1 aliphatic carbocycles. The van der Waals surface area contributed by atoms with Crippen LogP contribution in [0.25, 0.3) is 0 Å². The number of methoxy groups -OCH3 is 1. The number of hydrogen-bond acceptors (Lipinski definition) is 2. The third kappa shape index (κ3) is 3.56. The zero-order chi connectivity index (χ0) is 14.6. The van der Waals surface area contributed by atoms with Crippen molar-refractivity contribution in [2.24, 2.45) is 5.41 Å². The van der Waals surface area contributed by atoms with Gasteiger partial charge in [0.05, 0.1) is 7.11 Å². The second-order valence-corrected chi connectivity index (χ2v) is 7.07. The Labute approximate surface area is 131 Å². The molecule has 0 radical (unpaired) electrons. The van der Waals surface area contributed by atoms with Crippen molar-refractivity contribution in [1.29, 1.82) is 0 Å². The highest BCUT2D eigenvalue weighted by Gasteiger charge is 2.34. The zero-order valence-corrected chi connectivity index (χ0v) is 14.4. The van der Waals surface area contributed by atoms with Gasteiger partial charge in [0.25, 0.3) is 0 Å². The minimum atomic E-state index is 0.412. The van der Waals surface area contributed by atoms with Gasteiger partial charge in [0, 0.05) is 10.5 Å². The summed E-state index contributed by atoms with van der Waals surface area (Å²) in [5.74, 6) is 0.937. The first-order valence-electron chi connectivity index (χ1n) is 7.59. The molecule has 0 amide bonds. The van der Waals surface area contributed by atoms with E-state index in [2.05, 4.69) is 47.4 Å². The zero-order valence-electron chi connectivity index (χ0n) is 12.8. The summed E-state index contributed by atoms with van der Waals surface area (Å²) in [6.07, 6.45) is 7.85. The summed E-state index contributed by atoms with van der Waals surface area (Å²) in [6, 6.07) is 6.76. The van der Waals surface area contributed by atoms with E-state index < -0.39 is 0 Å². The molecular weight excluding hydrogens is 314 g/mol. The normalized spacial score (nSPS) is 19.6. The molecule has 3 heteroatoms. The van der Waals surface area contributed by atoms with Gasteiger partial charge in [-0.2, -0.15) is 0 Å². The van der Waals surface area contributed by atoms with Crippen molar-refractivity contribution in [2.75, 3.05) is 14.2 Å². The lowest BCUT2D eigenvalue weighted by Crippen LogP contribution is -2.44. The van der Waals surface area contributed by atoms with Gasteiger partial charge in [-0.05, 0) is 55.5 Å². The van der Waals surface area contributed by atoms with Crippen molar-refractivity contribution < 1.29 is 4.74 Å². The molecule has 1 atom stereocenters. The molecule has 0 bridgehead atoms. The average molecular weight is 340 g/mol. The third-order valence-electron chi connectivity index (χ3n) is 4.86. The smallest absolute Gasteiger partial charge is 0.119 e. The second kappa shape index (κ2) is 6.95. The van der Waals surface area contributed by atoms with Crippen molar-refractivity contribution in [3.8, 4) is 5.75 Å². The van der Waals surface area contributed by atoms with E-state index in [4.69, 9.17) is 4.74 Å². The number of rotatable bonds is 5. The minimum Gasteiger partial charge on any atom is -0.497 e. The predicted molar refractivity (Wildman–Crippen MR) is 88.4 cm³/mol. The molecule has 0 aromatic heterocycles. The van der Waals surface area contributed by atoms with Crippen LogP contribution in [0.2, 0.25) is 0 Å². The van der Waals surface area contributed by atoms with Gasteiger partial charge in [0.1, 0.15) is 5.75 Å². The van der Waals surface area contributed by atoms with Crippen LogP contribution in [0.5, 0.6) is 5.75 Å². The Balaban J connectivity index is 2.17. The van der Waals surface area contributed by atoms with Gasteiger partial charge in [0.2, 0.25) is 0 Å². The molecule has 1 aromatic carbocycles. The van der Waals surface area contributed by atoms with Gasteiger partial charge in [-0.25, -0.2) is 0 Å². The quantitative estimate of drug-likeness (QED) is 0.848. The summed E-state index contributed by atoms with van der Waals surface area (Å²) in [4.78, 5) is 0. The molecule has 2 rings (SSSR count). The molecule has 1 saturated carbocycles. The molecule has 20 heavy (non-hydrogen) atoms. The lowest BCUT2D eigenvalue weighted by atomic mass is 9.69. The van der Waals surface area contributed by atoms with Crippen LogP contribution in [-0.4, -0.2) is 20.2 Å². The van der Waals surface area contributed by atoms with Crippen molar-refractivity contribution >= 4 is 15.9 Å². The maximum atomic E-state index is 5.35. The van der Waals surface area contributed by atoms with Gasteiger partial charge in [-0.15, -0.1) is 0 Å². The van der Waals surface area contributed by atoms with Gasteiger partial charge in [0.15, 0.2) is 0 Å². The summed E-state index contributed by atoms with van der Waals surface area (Å²) in [7, 11) is 3.82. The fourth-order valence-corrected chi connectivity index (χ4v) is 3.87. The lowest BCUT2D eigenvalue weighted by molar-refractivity contribution is 0.149. The molecule has 0 heterocycles. The number of nitrogens with one attached hydrogen (secondary N) is 1. The number of likely N-dealkylation sites (N-methyl/N-ethyl adjacent to an activating group) is 1. The molecule has 1 aromatic rings. The van der Waals surface area contributed by atoms with Gasteiger partial charge in [-0.1, -0.05) is 42.1 Å². The van der Waals surface area contributed by atoms with E-state index in [1.54, 1.807) is 7.11 Å². The Hall–Kier alpha value is -0.540. The first kappa shape index (κ1) is 15.8. The first-order chi connectivity index (χ1) is 9.59. The SMILES string of the molecule is CNC(Cc1cc(OC)ccc1Br)C1(C)CCCCC1. The number of benzene rings is 1. The Morgan fingerprint density at radius 1 is 1.30 bits per heavy atom. The number of halogens is 1. The minimum absolute atomic E-state index is 0.412. The van der Waals surface area contributed by atoms with E-state index >= 15 is 0 Å². The molecule has 0 saturated heterocycles. The van der Waals surface area contributed by atoms with Crippen LogP contribution in [0, 0.1) is 5.41 Å². The molecule has 112 valence electrons. The Bertz CT molecular complexity index is 441. The van der Waals surface area contributed by atoms with Crippen molar-refractivity contribution in [1.82, 2.24) is 5.32 Å². The molecule has 1 N–H and O–H groups in total. The molecule has 1 unspecified atom stereocenters. The second-order valence-electron chi connectivity index (χ2n) is 6.22. The maximum Gasteiger partial charge on any atom is 0.119 e. The monoisotopic (exact) mass is 339 g/mol. The van der Waals surface area contributed by atoms with Crippen LogP contribution in [-0.2, 0) is 6.42 Å². The van der Waals surface area contributed by atoms with Crippen LogP contribution in [0.1, 0.15) is 44.6 Å². The Kier molecular flexibility index (Phi) is 5.50. The summed E-state index contributed by atoms with van der Waals surface area (Å²) in [5.41, 5.74) is 1.74. The first-order valence-corrected chi connectivity index (χ1v) is 8.38. The summed E-state index contributed by atoms with van der Waals surface area (Å²) < 4.78 is 6.53. The maximum absolute atomic E-state index is 5.35. The highest BCUT2D eigenvalue weighted by Crippen LogP contribution is 2.40. The average Bonchev–Trinajstić information content (AvgIpc) is 2.47. The number of ether oxygens (including phenoxy) is 1. The topological polar surface area (TPSA) is 21.3 Å². The third-order valence-corrected chi connectivity index (χ3v) is 5.64. The fourth-order valence-electron chi connectivity index (χ4n) is 3.46. The van der Waals surface area contributed by atoms with E-state index in [1.165, 1.54) is 42.1 Å². The largest absolute Gasteiger partial charge is 0.497 e. The fraction of sp³-hybridized carbons (Fsp3) is 0.647. The van der Waals surface area contributed by atoms with Crippen LogP contribution < -0.4 is 10.1 Å². The van der Waals surface area contributed by atoms with Crippen molar-refractivity contribution in [2.45, 2.75) is 51.5 Å². The molecule has 0 spiro atoms. The van der Waals surface area contributed by atoms with Gasteiger partial charge < -0.3 is 10.1 Å². The van der Waals surface area contributed by atoms with E-state index in [0.717, 1.165) is 12.2 Å². The van der Waals surface area contributed by atoms with Crippen molar-refractivity contribution in [3.05, 3.63) is 28.2 Å². The van der Waals surface area contributed by atoms with Crippen LogP contribution in [0.3, 0.4) is 0 Å². The molecule has 2 nitrogen and oxygen atoms in total. The highest BCUT2D eigenvalue weighted by molar-refractivity contribution is 9.10. The highest BCUT2D eigenvalue weighted by atomic mass is 79.9. The standard InChI is InChI=1S/C17H26BrNO/c1-17(9-5-4-6-10-17)16(19-2)12-13-11-14(20-3)7-8-15(13)18/h7-8,11,16,19H,4-6,9-10,12H2,1-3H3. The molecule has 1 aliphatic rings. The van der Waals surface area contributed by atoms with Crippen LogP contribution >= 0.6 is 15.9 Å². The summed E-state index contributed by atoms with van der Waals surface area (Å²) >= 11 is 3.68. The number of hydrogen-bond donors (Lipinski definition) is 1. The predicted octanol–water partition coefficient (Wildman–Crippen LogP) is 4.56. The van der Waals surface area contributed by atoms with E-state index in [9.17, 15) is 0 Å². The van der Waals surface area contributed by atoms with E-state index in [-0.39, 0.29) is 0 Å².